The van der Waals surface area contributed by atoms with Crippen LogP contribution in [0.4, 0.5) is 10.9 Å². The molecule has 5 rings (SSSR count). The lowest BCUT2D eigenvalue weighted by atomic mass is 10.1. The first-order valence-corrected chi connectivity index (χ1v) is 12.2. The van der Waals surface area contributed by atoms with E-state index in [0.717, 1.165) is 83.9 Å². The Kier molecular flexibility index (Phi) is 6.56. The second kappa shape index (κ2) is 9.90. The first-order valence-electron chi connectivity index (χ1n) is 11.3. The number of ether oxygens (including phenoxy) is 1. The molecule has 1 fully saturated rings. The van der Waals surface area contributed by atoms with Gasteiger partial charge in [-0.15, -0.1) is 10.2 Å². The van der Waals surface area contributed by atoms with Crippen molar-refractivity contribution in [3.05, 3.63) is 41.8 Å². The smallest absolute Gasteiger partial charge is 0.211 e. The number of nitrogens with zero attached hydrogens (tertiary/aromatic N) is 7. The minimum absolute atomic E-state index is 0.356. The lowest BCUT2D eigenvalue weighted by Gasteiger charge is -2.26. The molecule has 4 aromatic heterocycles. The fraction of sp³-hybridized carbons (Fsp3) is 0.435. The van der Waals surface area contributed by atoms with Gasteiger partial charge in [-0.05, 0) is 24.6 Å². The van der Waals surface area contributed by atoms with Gasteiger partial charge in [0.15, 0.2) is 0 Å². The fourth-order valence-electron chi connectivity index (χ4n) is 3.78. The normalized spacial score (nSPS) is 14.9. The fourth-order valence-corrected chi connectivity index (χ4v) is 4.53. The maximum absolute atomic E-state index is 5.41. The molecule has 172 valence electrons. The number of hydrogen-bond donors (Lipinski definition) is 1. The van der Waals surface area contributed by atoms with Gasteiger partial charge in [-0.25, -0.2) is 4.98 Å². The van der Waals surface area contributed by atoms with Crippen LogP contribution in [-0.4, -0.2) is 67.7 Å². The van der Waals surface area contributed by atoms with Gasteiger partial charge in [-0.2, -0.15) is 5.10 Å². The number of aryl methyl sites for hydroxylation is 1. The molecule has 1 saturated heterocycles. The van der Waals surface area contributed by atoms with Crippen LogP contribution < -0.4 is 5.32 Å². The molecule has 0 radical (unpaired) electrons. The zero-order chi connectivity index (χ0) is 22.6. The highest BCUT2D eigenvalue weighted by atomic mass is 32.1. The van der Waals surface area contributed by atoms with Crippen molar-refractivity contribution in [1.29, 1.82) is 0 Å². The third kappa shape index (κ3) is 5.35. The number of anilines is 2. The van der Waals surface area contributed by atoms with Gasteiger partial charge in [0.05, 0.1) is 30.4 Å². The molecular formula is C23H28N8OS. The number of pyridine rings is 2. The molecule has 1 aliphatic heterocycles. The molecule has 1 N–H and O–H groups in total. The summed E-state index contributed by atoms with van der Waals surface area (Å²) in [4.78, 5) is 11.8. The molecule has 0 aromatic carbocycles. The quantitative estimate of drug-likeness (QED) is 0.419. The molecule has 5 heterocycles. The topological polar surface area (TPSA) is 93.9 Å². The van der Waals surface area contributed by atoms with Crippen molar-refractivity contribution in [2.75, 3.05) is 38.2 Å². The van der Waals surface area contributed by atoms with Gasteiger partial charge in [0.1, 0.15) is 10.8 Å². The monoisotopic (exact) mass is 464 g/mol. The van der Waals surface area contributed by atoms with Gasteiger partial charge < -0.3 is 10.1 Å². The molecule has 0 bridgehead atoms. The zero-order valence-electron chi connectivity index (χ0n) is 18.9. The number of morpholine rings is 1. The van der Waals surface area contributed by atoms with Crippen molar-refractivity contribution in [3.8, 4) is 11.1 Å². The Bertz CT molecular complexity index is 1210. The van der Waals surface area contributed by atoms with Crippen LogP contribution in [0.2, 0.25) is 0 Å². The second-order valence-electron chi connectivity index (χ2n) is 8.48. The van der Waals surface area contributed by atoms with Crippen LogP contribution in [0, 0.1) is 0 Å². The van der Waals surface area contributed by atoms with E-state index in [2.05, 4.69) is 56.6 Å². The van der Waals surface area contributed by atoms with Crippen molar-refractivity contribution in [2.24, 2.45) is 0 Å². The highest BCUT2D eigenvalue weighted by molar-refractivity contribution is 7.15. The molecule has 4 aromatic rings. The first kappa shape index (κ1) is 21.9. The number of rotatable bonds is 8. The van der Waals surface area contributed by atoms with E-state index < -0.39 is 0 Å². The maximum atomic E-state index is 5.41. The van der Waals surface area contributed by atoms with E-state index >= 15 is 0 Å². The van der Waals surface area contributed by atoms with Crippen LogP contribution in [0.1, 0.15) is 31.2 Å². The summed E-state index contributed by atoms with van der Waals surface area (Å²) in [5.74, 6) is 1.08. The Morgan fingerprint density at radius 2 is 1.94 bits per heavy atom. The highest BCUT2D eigenvalue weighted by Gasteiger charge is 2.11. The highest BCUT2D eigenvalue weighted by Crippen LogP contribution is 2.26. The number of hydrogen-bond acceptors (Lipinski definition) is 9. The minimum Gasteiger partial charge on any atom is -0.379 e. The van der Waals surface area contributed by atoms with Gasteiger partial charge in [-0.1, -0.05) is 25.2 Å². The van der Waals surface area contributed by atoms with E-state index in [4.69, 9.17) is 9.72 Å². The maximum Gasteiger partial charge on any atom is 0.211 e. The molecular weight excluding hydrogens is 436 g/mol. The molecule has 33 heavy (non-hydrogen) atoms. The van der Waals surface area contributed by atoms with Crippen molar-refractivity contribution in [2.45, 2.75) is 32.7 Å². The van der Waals surface area contributed by atoms with Crippen LogP contribution in [0.3, 0.4) is 0 Å². The van der Waals surface area contributed by atoms with Crippen molar-refractivity contribution in [1.82, 2.24) is 34.8 Å². The van der Waals surface area contributed by atoms with Gasteiger partial charge in [-0.3, -0.25) is 14.6 Å². The van der Waals surface area contributed by atoms with Gasteiger partial charge >= 0.3 is 0 Å². The Morgan fingerprint density at radius 3 is 2.76 bits per heavy atom. The molecule has 0 saturated carbocycles. The van der Waals surface area contributed by atoms with Crippen LogP contribution in [0.5, 0.6) is 0 Å². The SMILES string of the molecule is CC(C)c1nnc(Nc2ccc3ncc(-c4cnn(CCCN5CCOCC5)c4)cc3n2)s1. The van der Waals surface area contributed by atoms with Crippen LogP contribution in [-0.2, 0) is 11.3 Å². The average Bonchev–Trinajstić information content (AvgIpc) is 3.49. The third-order valence-corrected chi connectivity index (χ3v) is 6.78. The number of aromatic nitrogens is 6. The molecule has 10 heteroatoms. The van der Waals surface area contributed by atoms with Crippen molar-refractivity contribution in [3.63, 3.8) is 0 Å². The van der Waals surface area contributed by atoms with Gasteiger partial charge in [0.25, 0.3) is 0 Å². The summed E-state index contributed by atoms with van der Waals surface area (Å²) in [7, 11) is 0. The summed E-state index contributed by atoms with van der Waals surface area (Å²) in [6, 6.07) is 5.94. The standard InChI is InChI=1S/C23H28N8OS/c1-16(2)22-28-29-23(33-22)27-21-5-4-19-20(26-21)12-17(13-24-19)18-14-25-31(15-18)7-3-6-30-8-10-32-11-9-30/h4-5,12-16H,3,6-11H2,1-2H3,(H,26,27,29). The summed E-state index contributed by atoms with van der Waals surface area (Å²) < 4.78 is 7.42. The zero-order valence-corrected chi connectivity index (χ0v) is 19.8. The lowest BCUT2D eigenvalue weighted by molar-refractivity contribution is 0.0368. The van der Waals surface area contributed by atoms with E-state index in [1.165, 1.54) is 0 Å². The second-order valence-corrected chi connectivity index (χ2v) is 9.49. The summed E-state index contributed by atoms with van der Waals surface area (Å²) >= 11 is 1.55. The first-order chi connectivity index (χ1) is 16.1. The largest absolute Gasteiger partial charge is 0.379 e. The number of fused-ring (bicyclic) bond motifs is 1. The van der Waals surface area contributed by atoms with E-state index in [1.54, 1.807) is 11.3 Å². The minimum atomic E-state index is 0.356. The van der Waals surface area contributed by atoms with E-state index in [0.29, 0.717) is 5.92 Å². The predicted octanol–water partition coefficient (Wildman–Crippen LogP) is 3.93. The molecule has 0 unspecified atom stereocenters. The molecule has 0 spiro atoms. The van der Waals surface area contributed by atoms with E-state index in [1.807, 2.05) is 29.2 Å². The Hall–Kier alpha value is -2.95. The van der Waals surface area contributed by atoms with Crippen molar-refractivity contribution >= 4 is 33.3 Å². The van der Waals surface area contributed by atoms with Gasteiger partial charge in [0, 0.05) is 55.6 Å². The van der Waals surface area contributed by atoms with Crippen LogP contribution >= 0.6 is 11.3 Å². The Labute approximate surface area is 196 Å². The molecule has 1 aliphatic rings. The van der Waals surface area contributed by atoms with Gasteiger partial charge in [0.2, 0.25) is 5.13 Å². The molecule has 9 nitrogen and oxygen atoms in total. The summed E-state index contributed by atoms with van der Waals surface area (Å²) in [5, 5.41) is 18.0. The Balaban J connectivity index is 1.26. The molecule has 0 atom stereocenters. The molecule has 0 aliphatic carbocycles. The summed E-state index contributed by atoms with van der Waals surface area (Å²) in [6.45, 7) is 9.91. The summed E-state index contributed by atoms with van der Waals surface area (Å²) in [5.41, 5.74) is 3.72. The lowest BCUT2D eigenvalue weighted by Crippen LogP contribution is -2.37. The van der Waals surface area contributed by atoms with E-state index in [-0.39, 0.29) is 0 Å². The summed E-state index contributed by atoms with van der Waals surface area (Å²) in [6.07, 6.45) is 6.93. The number of nitrogens with one attached hydrogen (secondary N) is 1. The predicted molar refractivity (Wildman–Crippen MR) is 130 cm³/mol. The third-order valence-electron chi connectivity index (χ3n) is 5.64. The van der Waals surface area contributed by atoms with E-state index in [9.17, 15) is 0 Å². The average molecular weight is 465 g/mol. The van der Waals surface area contributed by atoms with Crippen LogP contribution in [0.25, 0.3) is 22.2 Å². The Morgan fingerprint density at radius 1 is 1.06 bits per heavy atom. The van der Waals surface area contributed by atoms with Crippen molar-refractivity contribution < 1.29 is 4.74 Å². The molecule has 0 amide bonds. The van der Waals surface area contributed by atoms with Crippen LogP contribution in [0.15, 0.2) is 36.8 Å².